The van der Waals surface area contributed by atoms with Gasteiger partial charge < -0.3 is 10.3 Å². The third kappa shape index (κ3) is 4.15. The molecule has 0 saturated heterocycles. The van der Waals surface area contributed by atoms with E-state index in [1.54, 1.807) is 12.4 Å². The molecule has 0 aliphatic heterocycles. The minimum atomic E-state index is -3.55. The van der Waals surface area contributed by atoms with Crippen molar-refractivity contribution in [3.8, 4) is 17.3 Å². The molecule has 0 amide bonds. The molecule has 0 bridgehead atoms. The number of rotatable bonds is 6. The lowest BCUT2D eigenvalue weighted by Gasteiger charge is -2.36. The summed E-state index contributed by atoms with van der Waals surface area (Å²) in [5.74, 6) is 0.713. The van der Waals surface area contributed by atoms with E-state index in [0.717, 1.165) is 28.0 Å². The lowest BCUT2D eigenvalue weighted by atomic mass is 9.81. The third-order valence-corrected chi connectivity index (χ3v) is 7.63. The maximum atomic E-state index is 12.8. The quantitative estimate of drug-likeness (QED) is 0.448. The molecular weight excluding hydrogens is 438 g/mol. The van der Waals surface area contributed by atoms with Gasteiger partial charge in [0.05, 0.1) is 28.8 Å². The first-order valence-electron chi connectivity index (χ1n) is 10.5. The lowest BCUT2D eigenvalue weighted by molar-refractivity contribution is 0.310. The van der Waals surface area contributed by atoms with Gasteiger partial charge in [0.1, 0.15) is 11.5 Å². The van der Waals surface area contributed by atoms with Crippen LogP contribution in [0.25, 0.3) is 22.3 Å². The summed E-state index contributed by atoms with van der Waals surface area (Å²) in [6, 6.07) is 8.74. The minimum Gasteiger partial charge on any atom is -0.381 e. The number of hydrogen-bond acceptors (Lipinski definition) is 8. The summed E-state index contributed by atoms with van der Waals surface area (Å²) in [4.78, 5) is 20.3. The molecule has 33 heavy (non-hydrogen) atoms. The van der Waals surface area contributed by atoms with Crippen LogP contribution in [0.2, 0.25) is 0 Å². The third-order valence-electron chi connectivity index (χ3n) is 5.86. The zero-order chi connectivity index (χ0) is 23.0. The number of pyridine rings is 2. The first-order valence-corrected chi connectivity index (χ1v) is 12.2. The maximum Gasteiger partial charge on any atom is 0.195 e. The highest BCUT2D eigenvalue weighted by molar-refractivity contribution is 7.91. The van der Waals surface area contributed by atoms with Crippen LogP contribution in [-0.4, -0.2) is 45.1 Å². The predicted octanol–water partition coefficient (Wildman–Crippen LogP) is 3.26. The predicted molar refractivity (Wildman–Crippen MR) is 123 cm³/mol. The normalized spacial score (nSPS) is 17.9. The summed E-state index contributed by atoms with van der Waals surface area (Å²) in [5, 5.41) is 13.5. The van der Waals surface area contributed by atoms with Crippen LogP contribution in [0.4, 0.5) is 5.69 Å². The number of hydrogen-bond donors (Lipinski definition) is 2. The van der Waals surface area contributed by atoms with Crippen molar-refractivity contribution in [1.82, 2.24) is 24.9 Å². The Morgan fingerprint density at radius 1 is 1.18 bits per heavy atom. The summed E-state index contributed by atoms with van der Waals surface area (Å²) in [7, 11) is -3.55. The van der Waals surface area contributed by atoms with E-state index in [2.05, 4.69) is 30.2 Å². The smallest absolute Gasteiger partial charge is 0.195 e. The topological polar surface area (TPSA) is 137 Å². The monoisotopic (exact) mass is 459 g/mol. The average Bonchev–Trinajstić information content (AvgIpc) is 3.27. The molecule has 0 atom stereocenters. The van der Waals surface area contributed by atoms with Crippen molar-refractivity contribution in [2.45, 2.75) is 30.8 Å². The van der Waals surface area contributed by atoms with Gasteiger partial charge in [0, 0.05) is 41.8 Å². The number of nitrogens with one attached hydrogen (secondary N) is 2. The molecule has 4 aromatic rings. The van der Waals surface area contributed by atoms with Crippen molar-refractivity contribution in [2.75, 3.05) is 11.1 Å². The van der Waals surface area contributed by atoms with Crippen LogP contribution in [-0.2, 0) is 9.84 Å². The second-order valence-corrected chi connectivity index (χ2v) is 10.2. The zero-order valence-corrected chi connectivity index (χ0v) is 18.7. The van der Waals surface area contributed by atoms with Crippen LogP contribution in [0.5, 0.6) is 0 Å². The average molecular weight is 460 g/mol. The van der Waals surface area contributed by atoms with Crippen LogP contribution in [0, 0.1) is 24.2 Å². The maximum absolute atomic E-state index is 12.8. The number of aromatic nitrogens is 5. The molecule has 9 nitrogen and oxygen atoms in total. The van der Waals surface area contributed by atoms with Crippen LogP contribution in [0.1, 0.15) is 24.2 Å². The molecule has 0 radical (unpaired) electrons. The van der Waals surface area contributed by atoms with Gasteiger partial charge in [0.25, 0.3) is 0 Å². The number of anilines is 1. The largest absolute Gasteiger partial charge is 0.381 e. The Hall–Kier alpha value is -3.84. The van der Waals surface area contributed by atoms with Crippen LogP contribution < -0.4 is 5.32 Å². The molecule has 1 saturated carbocycles. The number of nitriles is 1. The van der Waals surface area contributed by atoms with E-state index in [1.165, 1.54) is 18.3 Å². The van der Waals surface area contributed by atoms with E-state index in [1.807, 2.05) is 31.3 Å². The van der Waals surface area contributed by atoms with E-state index in [4.69, 9.17) is 5.26 Å². The SMILES string of the molecule is Cc1nccc(-c2cnc3[nH]ccc3c2NC2CC(CS(=O)(=O)c3cc(C#N)ccn3)C2)n1. The number of sulfone groups is 1. The van der Waals surface area contributed by atoms with Crippen molar-refractivity contribution in [3.05, 3.63) is 60.4 Å². The molecule has 166 valence electrons. The molecule has 0 aromatic carbocycles. The molecule has 0 unspecified atom stereocenters. The van der Waals surface area contributed by atoms with Crippen molar-refractivity contribution in [1.29, 1.82) is 5.26 Å². The highest BCUT2D eigenvalue weighted by Gasteiger charge is 2.34. The van der Waals surface area contributed by atoms with Crippen LogP contribution >= 0.6 is 0 Å². The Morgan fingerprint density at radius 2 is 2.00 bits per heavy atom. The fourth-order valence-corrected chi connectivity index (χ4v) is 5.79. The zero-order valence-electron chi connectivity index (χ0n) is 17.9. The molecule has 0 spiro atoms. The Kier molecular flexibility index (Phi) is 5.26. The summed E-state index contributed by atoms with van der Waals surface area (Å²) in [6.07, 6.45) is 8.15. The summed E-state index contributed by atoms with van der Waals surface area (Å²) in [6.45, 7) is 1.84. The van der Waals surface area contributed by atoms with E-state index < -0.39 is 9.84 Å². The minimum absolute atomic E-state index is 0.0148. The van der Waals surface area contributed by atoms with Gasteiger partial charge >= 0.3 is 0 Å². The lowest BCUT2D eigenvalue weighted by Crippen LogP contribution is -2.39. The van der Waals surface area contributed by atoms with Crippen LogP contribution in [0.3, 0.4) is 0 Å². The standard InChI is InChI=1S/C23H21N7O2S/c1-14-25-7-4-20(29-14)19-12-28-23-18(3-6-27-23)22(19)30-17-8-16(9-17)13-33(31,32)21-10-15(11-24)2-5-26-21/h2-7,10,12,16-17H,8-9,13H2,1H3,(H2,27,28,30). The van der Waals surface area contributed by atoms with Crippen molar-refractivity contribution >= 4 is 26.6 Å². The molecule has 2 N–H and O–H groups in total. The van der Waals surface area contributed by atoms with Crippen molar-refractivity contribution < 1.29 is 8.42 Å². The van der Waals surface area contributed by atoms with Crippen LogP contribution in [0.15, 0.2) is 54.1 Å². The molecule has 4 aromatic heterocycles. The van der Waals surface area contributed by atoms with Gasteiger partial charge in [0.2, 0.25) is 0 Å². The van der Waals surface area contributed by atoms with E-state index in [0.29, 0.717) is 18.7 Å². The molecule has 1 aliphatic carbocycles. The van der Waals surface area contributed by atoms with Gasteiger partial charge in [-0.1, -0.05) is 0 Å². The van der Waals surface area contributed by atoms with Crippen molar-refractivity contribution in [2.24, 2.45) is 5.92 Å². The number of H-pyrrole nitrogens is 1. The highest BCUT2D eigenvalue weighted by Crippen LogP contribution is 2.38. The van der Waals surface area contributed by atoms with Gasteiger partial charge in [-0.2, -0.15) is 5.26 Å². The van der Waals surface area contributed by atoms with E-state index in [-0.39, 0.29) is 28.3 Å². The Morgan fingerprint density at radius 3 is 2.79 bits per heavy atom. The fraction of sp³-hybridized carbons (Fsp3) is 0.261. The molecular formula is C23H21N7O2S. The van der Waals surface area contributed by atoms with Gasteiger partial charge in [-0.05, 0) is 49.9 Å². The van der Waals surface area contributed by atoms with E-state index >= 15 is 0 Å². The summed E-state index contributed by atoms with van der Waals surface area (Å²) in [5.41, 5.74) is 3.64. The Balaban J connectivity index is 1.34. The number of aryl methyl sites for hydroxylation is 1. The van der Waals surface area contributed by atoms with Gasteiger partial charge in [-0.3, -0.25) is 0 Å². The fourth-order valence-electron chi connectivity index (χ4n) is 4.20. The molecule has 1 fully saturated rings. The van der Waals surface area contributed by atoms with Gasteiger partial charge in [-0.15, -0.1) is 0 Å². The van der Waals surface area contributed by atoms with Crippen molar-refractivity contribution in [3.63, 3.8) is 0 Å². The number of fused-ring (bicyclic) bond motifs is 1. The number of aromatic amines is 1. The second-order valence-electron chi connectivity index (χ2n) is 8.23. The highest BCUT2D eigenvalue weighted by atomic mass is 32.2. The summed E-state index contributed by atoms with van der Waals surface area (Å²) >= 11 is 0. The Labute approximate surface area is 190 Å². The van der Waals surface area contributed by atoms with Gasteiger partial charge in [-0.25, -0.2) is 28.4 Å². The second kappa shape index (κ2) is 8.26. The first kappa shape index (κ1) is 21.0. The molecule has 4 heterocycles. The molecule has 10 heteroatoms. The Bertz CT molecular complexity index is 1480. The molecule has 5 rings (SSSR count). The molecule has 1 aliphatic rings. The first-order chi connectivity index (χ1) is 15.9. The van der Waals surface area contributed by atoms with E-state index in [9.17, 15) is 8.42 Å². The summed E-state index contributed by atoms with van der Waals surface area (Å²) < 4.78 is 25.5. The number of nitrogens with zero attached hydrogens (tertiary/aromatic N) is 5. The van der Waals surface area contributed by atoms with Gasteiger partial charge in [0.15, 0.2) is 14.9 Å².